The summed E-state index contributed by atoms with van der Waals surface area (Å²) in [5, 5.41) is 0. The zero-order valence-corrected chi connectivity index (χ0v) is 12.5. The molecular weight excluding hydrogens is 270 g/mol. The zero-order valence-electron chi connectivity index (χ0n) is 11.7. The molecular formula is C16H19NO2S. The van der Waals surface area contributed by atoms with Crippen molar-refractivity contribution in [1.29, 1.82) is 0 Å². The highest BCUT2D eigenvalue weighted by molar-refractivity contribution is 7.89. The molecule has 1 aromatic carbocycles. The summed E-state index contributed by atoms with van der Waals surface area (Å²) in [7, 11) is -3.56. The fourth-order valence-corrected chi connectivity index (χ4v) is 3.76. The Balaban J connectivity index is 2.39. The van der Waals surface area contributed by atoms with Crippen LogP contribution in [0.25, 0.3) is 0 Å². The summed E-state index contributed by atoms with van der Waals surface area (Å²) in [6.07, 6.45) is 11.2. The lowest BCUT2D eigenvalue weighted by Gasteiger charge is -2.27. The summed E-state index contributed by atoms with van der Waals surface area (Å²) < 4.78 is 26.8. The highest BCUT2D eigenvalue weighted by Crippen LogP contribution is 2.26. The van der Waals surface area contributed by atoms with Crippen molar-refractivity contribution in [3.8, 4) is 12.3 Å². The van der Waals surface area contributed by atoms with Gasteiger partial charge >= 0.3 is 0 Å². The number of allylic oxidation sites excluding steroid dienone is 2. The van der Waals surface area contributed by atoms with Gasteiger partial charge in [-0.3, -0.25) is 4.31 Å². The summed E-state index contributed by atoms with van der Waals surface area (Å²) in [6.45, 7) is 2.02. The minimum absolute atomic E-state index is 0.0854. The van der Waals surface area contributed by atoms with Crippen LogP contribution in [0.15, 0.2) is 40.9 Å². The number of hydrogen-bond acceptors (Lipinski definition) is 2. The zero-order chi connectivity index (χ0) is 14.6. The molecule has 0 aromatic heterocycles. The summed E-state index contributed by atoms with van der Waals surface area (Å²) in [6, 6.07) is 6.88. The second kappa shape index (κ2) is 6.15. The Morgan fingerprint density at radius 1 is 1.25 bits per heavy atom. The first-order valence-electron chi connectivity index (χ1n) is 6.77. The van der Waals surface area contributed by atoms with Gasteiger partial charge in [-0.1, -0.05) is 29.7 Å². The van der Waals surface area contributed by atoms with Gasteiger partial charge in [0.15, 0.2) is 0 Å². The Labute approximate surface area is 121 Å². The molecule has 1 aliphatic carbocycles. The van der Waals surface area contributed by atoms with Crippen LogP contribution in [0, 0.1) is 19.3 Å². The third-order valence-corrected chi connectivity index (χ3v) is 5.24. The standard InChI is InChI=1S/C16H19NO2S/c1-3-13-17(15-7-5-4-6-8-15)20(18,19)16-11-9-14(2)10-12-16/h1,7,9-12H,4-6,8,13H2,2H3. The second-order valence-corrected chi connectivity index (χ2v) is 6.83. The van der Waals surface area contributed by atoms with Crippen molar-refractivity contribution in [2.24, 2.45) is 0 Å². The number of rotatable bonds is 4. The predicted molar refractivity (Wildman–Crippen MR) is 80.5 cm³/mol. The Bertz CT molecular complexity index is 636. The average Bonchev–Trinajstić information content (AvgIpc) is 2.46. The van der Waals surface area contributed by atoms with Crippen LogP contribution >= 0.6 is 0 Å². The van der Waals surface area contributed by atoms with E-state index in [1.165, 1.54) is 4.31 Å². The van der Waals surface area contributed by atoms with E-state index in [9.17, 15) is 8.42 Å². The highest BCUT2D eigenvalue weighted by Gasteiger charge is 2.26. The van der Waals surface area contributed by atoms with E-state index in [1.54, 1.807) is 24.3 Å². The SMILES string of the molecule is C#CCN(C1=CCCCC1)S(=O)(=O)c1ccc(C)cc1. The molecule has 4 heteroatoms. The van der Waals surface area contributed by atoms with Crippen LogP contribution in [0.3, 0.4) is 0 Å². The van der Waals surface area contributed by atoms with Gasteiger partial charge in [-0.2, -0.15) is 0 Å². The van der Waals surface area contributed by atoms with Crippen molar-refractivity contribution in [3.05, 3.63) is 41.6 Å². The molecule has 0 radical (unpaired) electrons. The van der Waals surface area contributed by atoms with Gasteiger partial charge in [-0.15, -0.1) is 6.42 Å². The molecule has 0 saturated heterocycles. The summed E-state index contributed by atoms with van der Waals surface area (Å²) in [5.74, 6) is 2.46. The van der Waals surface area contributed by atoms with Crippen molar-refractivity contribution in [2.45, 2.75) is 37.5 Å². The molecule has 0 fully saturated rings. The third kappa shape index (κ3) is 3.05. The largest absolute Gasteiger partial charge is 0.264 e. The van der Waals surface area contributed by atoms with Gasteiger partial charge in [-0.25, -0.2) is 8.42 Å². The maximum atomic E-state index is 12.7. The Kier molecular flexibility index (Phi) is 4.51. The summed E-state index contributed by atoms with van der Waals surface area (Å²) >= 11 is 0. The van der Waals surface area contributed by atoms with E-state index in [0.29, 0.717) is 4.90 Å². The van der Waals surface area contributed by atoms with Crippen LogP contribution in [0.2, 0.25) is 0 Å². The van der Waals surface area contributed by atoms with Gasteiger partial charge in [0.05, 0.1) is 11.4 Å². The Morgan fingerprint density at radius 2 is 1.95 bits per heavy atom. The second-order valence-electron chi connectivity index (χ2n) is 4.97. The normalized spacial score (nSPS) is 15.3. The summed E-state index contributed by atoms with van der Waals surface area (Å²) in [5.41, 5.74) is 1.86. The molecule has 0 bridgehead atoms. The number of sulfonamides is 1. The molecule has 0 unspecified atom stereocenters. The fraction of sp³-hybridized carbons (Fsp3) is 0.375. The maximum Gasteiger partial charge on any atom is 0.264 e. The van der Waals surface area contributed by atoms with E-state index in [4.69, 9.17) is 6.42 Å². The van der Waals surface area contributed by atoms with E-state index in [0.717, 1.165) is 36.9 Å². The van der Waals surface area contributed by atoms with Crippen LogP contribution in [-0.2, 0) is 10.0 Å². The first kappa shape index (κ1) is 14.7. The maximum absolute atomic E-state index is 12.7. The van der Waals surface area contributed by atoms with Crippen LogP contribution < -0.4 is 0 Å². The van der Waals surface area contributed by atoms with E-state index in [1.807, 2.05) is 13.0 Å². The van der Waals surface area contributed by atoms with Crippen molar-refractivity contribution in [1.82, 2.24) is 4.31 Å². The molecule has 1 aromatic rings. The molecule has 0 aliphatic heterocycles. The highest BCUT2D eigenvalue weighted by atomic mass is 32.2. The smallest absolute Gasteiger partial charge is 0.259 e. The number of terminal acetylenes is 1. The minimum Gasteiger partial charge on any atom is -0.259 e. The number of benzene rings is 1. The van der Waals surface area contributed by atoms with Crippen LogP contribution in [-0.4, -0.2) is 19.3 Å². The lowest BCUT2D eigenvalue weighted by atomic mass is 10.1. The third-order valence-electron chi connectivity index (χ3n) is 3.43. The van der Waals surface area contributed by atoms with Gasteiger partial charge < -0.3 is 0 Å². The van der Waals surface area contributed by atoms with Crippen molar-refractivity contribution >= 4 is 10.0 Å². The molecule has 1 aliphatic rings. The molecule has 0 heterocycles. The first-order chi connectivity index (χ1) is 9.55. The van der Waals surface area contributed by atoms with Gasteiger partial charge in [0.25, 0.3) is 10.0 Å². The van der Waals surface area contributed by atoms with Crippen LogP contribution in [0.1, 0.15) is 31.2 Å². The lowest BCUT2D eigenvalue weighted by Crippen LogP contribution is -2.31. The fourth-order valence-electron chi connectivity index (χ4n) is 2.31. The number of hydrogen-bond donors (Lipinski definition) is 0. The van der Waals surface area contributed by atoms with Gasteiger partial charge in [0.1, 0.15) is 0 Å². The van der Waals surface area contributed by atoms with E-state index in [-0.39, 0.29) is 6.54 Å². The molecule has 0 atom stereocenters. The van der Waals surface area contributed by atoms with E-state index in [2.05, 4.69) is 5.92 Å². The Morgan fingerprint density at radius 3 is 2.50 bits per heavy atom. The lowest BCUT2D eigenvalue weighted by molar-refractivity contribution is 0.478. The van der Waals surface area contributed by atoms with E-state index >= 15 is 0 Å². The summed E-state index contributed by atoms with van der Waals surface area (Å²) in [4.78, 5) is 0.296. The predicted octanol–water partition coefficient (Wildman–Crippen LogP) is 3.08. The van der Waals surface area contributed by atoms with E-state index < -0.39 is 10.0 Å². The molecule has 20 heavy (non-hydrogen) atoms. The molecule has 106 valence electrons. The topological polar surface area (TPSA) is 37.4 Å². The number of nitrogens with zero attached hydrogens (tertiary/aromatic N) is 1. The molecule has 0 saturated carbocycles. The van der Waals surface area contributed by atoms with Crippen LogP contribution in [0.4, 0.5) is 0 Å². The molecule has 3 nitrogen and oxygen atoms in total. The minimum atomic E-state index is -3.56. The van der Waals surface area contributed by atoms with Gasteiger partial charge in [0, 0.05) is 5.70 Å². The van der Waals surface area contributed by atoms with Crippen molar-refractivity contribution in [3.63, 3.8) is 0 Å². The van der Waals surface area contributed by atoms with Crippen molar-refractivity contribution < 1.29 is 8.42 Å². The van der Waals surface area contributed by atoms with Gasteiger partial charge in [0.2, 0.25) is 0 Å². The quantitative estimate of drug-likeness (QED) is 0.799. The molecule has 2 rings (SSSR count). The number of aryl methyl sites for hydroxylation is 1. The Hall–Kier alpha value is -1.73. The van der Waals surface area contributed by atoms with Gasteiger partial charge in [-0.05, 0) is 44.7 Å². The molecule has 0 amide bonds. The average molecular weight is 289 g/mol. The molecule has 0 N–H and O–H groups in total. The van der Waals surface area contributed by atoms with Crippen molar-refractivity contribution in [2.75, 3.05) is 6.54 Å². The first-order valence-corrected chi connectivity index (χ1v) is 8.21. The molecule has 0 spiro atoms. The van der Waals surface area contributed by atoms with Crippen LogP contribution in [0.5, 0.6) is 0 Å². The monoisotopic (exact) mass is 289 g/mol.